The molecule has 0 fully saturated rings. The molecule has 0 saturated carbocycles. The Balaban J connectivity index is 2.68. The SMILES string of the molecule is CCCNC(=O)CCNc1nc(Cl)nc(C)c1[N+](=O)[O-]. The molecule has 1 aromatic rings. The molecular weight excluding hydrogens is 286 g/mol. The van der Waals surface area contributed by atoms with Gasteiger partial charge >= 0.3 is 5.69 Å². The van der Waals surface area contributed by atoms with E-state index < -0.39 is 4.92 Å². The highest BCUT2D eigenvalue weighted by Gasteiger charge is 2.21. The first-order chi connectivity index (χ1) is 9.45. The lowest BCUT2D eigenvalue weighted by atomic mass is 10.3. The van der Waals surface area contributed by atoms with Crippen molar-refractivity contribution in [1.29, 1.82) is 0 Å². The summed E-state index contributed by atoms with van der Waals surface area (Å²) in [4.78, 5) is 29.3. The van der Waals surface area contributed by atoms with E-state index in [0.29, 0.717) is 6.54 Å². The predicted molar refractivity (Wildman–Crippen MR) is 74.8 cm³/mol. The summed E-state index contributed by atoms with van der Waals surface area (Å²) in [6.07, 6.45) is 1.04. The van der Waals surface area contributed by atoms with Crippen LogP contribution in [0.1, 0.15) is 25.5 Å². The molecular formula is C11H16ClN5O3. The monoisotopic (exact) mass is 301 g/mol. The van der Waals surface area contributed by atoms with Gasteiger partial charge in [0.05, 0.1) is 4.92 Å². The number of amides is 1. The number of nitrogens with zero attached hydrogens (tertiary/aromatic N) is 3. The van der Waals surface area contributed by atoms with E-state index >= 15 is 0 Å². The lowest BCUT2D eigenvalue weighted by Crippen LogP contribution is -2.26. The first-order valence-corrected chi connectivity index (χ1v) is 6.52. The van der Waals surface area contributed by atoms with Crippen molar-refractivity contribution in [2.75, 3.05) is 18.4 Å². The van der Waals surface area contributed by atoms with Gasteiger partial charge in [-0.3, -0.25) is 14.9 Å². The number of hydrogen-bond donors (Lipinski definition) is 2. The minimum Gasteiger partial charge on any atom is -0.364 e. The van der Waals surface area contributed by atoms with E-state index in [2.05, 4.69) is 20.6 Å². The quantitative estimate of drug-likeness (QED) is 0.450. The van der Waals surface area contributed by atoms with Crippen molar-refractivity contribution < 1.29 is 9.72 Å². The Morgan fingerprint density at radius 2 is 2.10 bits per heavy atom. The fourth-order valence-corrected chi connectivity index (χ4v) is 1.73. The number of nitro groups is 1. The molecule has 0 aromatic carbocycles. The van der Waals surface area contributed by atoms with E-state index in [-0.39, 0.29) is 41.4 Å². The van der Waals surface area contributed by atoms with Gasteiger partial charge in [-0.15, -0.1) is 0 Å². The van der Waals surface area contributed by atoms with Crippen LogP contribution in [0.2, 0.25) is 5.28 Å². The molecule has 0 aliphatic carbocycles. The second kappa shape index (κ2) is 7.59. The van der Waals surface area contributed by atoms with Crippen molar-refractivity contribution in [2.45, 2.75) is 26.7 Å². The second-order valence-corrected chi connectivity index (χ2v) is 4.40. The Morgan fingerprint density at radius 3 is 2.70 bits per heavy atom. The van der Waals surface area contributed by atoms with E-state index in [9.17, 15) is 14.9 Å². The molecule has 0 aliphatic rings. The smallest absolute Gasteiger partial charge is 0.332 e. The summed E-state index contributed by atoms with van der Waals surface area (Å²) in [5.41, 5.74) is -0.0590. The Kier molecular flexibility index (Phi) is 6.10. The van der Waals surface area contributed by atoms with Gasteiger partial charge in [-0.05, 0) is 24.9 Å². The molecule has 0 spiro atoms. The van der Waals surface area contributed by atoms with Gasteiger partial charge in [0.25, 0.3) is 0 Å². The molecule has 1 aromatic heterocycles. The molecule has 0 bridgehead atoms. The zero-order valence-electron chi connectivity index (χ0n) is 11.3. The highest BCUT2D eigenvalue weighted by Crippen LogP contribution is 2.26. The summed E-state index contributed by atoms with van der Waals surface area (Å²) in [7, 11) is 0. The van der Waals surface area contributed by atoms with Crippen molar-refractivity contribution >= 4 is 29.0 Å². The van der Waals surface area contributed by atoms with Gasteiger partial charge in [-0.2, -0.15) is 4.98 Å². The van der Waals surface area contributed by atoms with E-state index in [0.717, 1.165) is 6.42 Å². The van der Waals surface area contributed by atoms with Crippen LogP contribution in [0.25, 0.3) is 0 Å². The normalized spacial score (nSPS) is 10.2. The van der Waals surface area contributed by atoms with Crippen molar-refractivity contribution in [3.63, 3.8) is 0 Å². The van der Waals surface area contributed by atoms with Gasteiger partial charge in [0.15, 0.2) is 0 Å². The molecule has 20 heavy (non-hydrogen) atoms. The highest BCUT2D eigenvalue weighted by molar-refractivity contribution is 6.28. The second-order valence-electron chi connectivity index (χ2n) is 4.06. The third kappa shape index (κ3) is 4.61. The highest BCUT2D eigenvalue weighted by atomic mass is 35.5. The predicted octanol–water partition coefficient (Wildman–Crippen LogP) is 1.67. The van der Waals surface area contributed by atoms with Crippen molar-refractivity contribution in [3.05, 3.63) is 21.1 Å². The number of hydrogen-bond acceptors (Lipinski definition) is 6. The zero-order valence-corrected chi connectivity index (χ0v) is 12.0. The van der Waals surface area contributed by atoms with Crippen LogP contribution >= 0.6 is 11.6 Å². The number of halogens is 1. The lowest BCUT2D eigenvalue weighted by Gasteiger charge is -2.08. The summed E-state index contributed by atoms with van der Waals surface area (Å²) >= 11 is 5.67. The maximum atomic E-state index is 11.4. The van der Waals surface area contributed by atoms with Crippen LogP contribution in [0.5, 0.6) is 0 Å². The molecule has 1 amide bonds. The third-order valence-electron chi connectivity index (χ3n) is 2.43. The first kappa shape index (κ1) is 16.1. The summed E-state index contributed by atoms with van der Waals surface area (Å²) in [6, 6.07) is 0. The Bertz CT molecular complexity index is 509. The number of rotatable bonds is 7. The largest absolute Gasteiger partial charge is 0.364 e. The van der Waals surface area contributed by atoms with Gasteiger partial charge < -0.3 is 10.6 Å². The van der Waals surface area contributed by atoms with Gasteiger partial charge in [0.2, 0.25) is 17.0 Å². The van der Waals surface area contributed by atoms with Gasteiger partial charge in [0, 0.05) is 19.5 Å². The fraction of sp³-hybridized carbons (Fsp3) is 0.545. The molecule has 110 valence electrons. The van der Waals surface area contributed by atoms with Gasteiger partial charge in [-0.25, -0.2) is 4.98 Å². The van der Waals surface area contributed by atoms with Gasteiger partial charge in [-0.1, -0.05) is 6.92 Å². The first-order valence-electron chi connectivity index (χ1n) is 6.14. The van der Waals surface area contributed by atoms with E-state index in [1.54, 1.807) is 0 Å². The average molecular weight is 302 g/mol. The molecule has 8 nitrogen and oxygen atoms in total. The molecule has 1 rings (SSSR count). The molecule has 2 N–H and O–H groups in total. The summed E-state index contributed by atoms with van der Waals surface area (Å²) in [5, 5.41) is 16.3. The summed E-state index contributed by atoms with van der Waals surface area (Å²) in [5.74, 6) is -0.102. The van der Waals surface area contributed by atoms with E-state index in [1.807, 2.05) is 6.92 Å². The maximum Gasteiger partial charge on any atom is 0.332 e. The van der Waals surface area contributed by atoms with Crippen LogP contribution in [0.4, 0.5) is 11.5 Å². The van der Waals surface area contributed by atoms with Crippen LogP contribution in [-0.2, 0) is 4.79 Å². The Hall–Kier alpha value is -1.96. The molecule has 9 heteroatoms. The van der Waals surface area contributed by atoms with E-state index in [4.69, 9.17) is 11.6 Å². The van der Waals surface area contributed by atoms with Gasteiger partial charge in [0.1, 0.15) is 5.69 Å². The molecule has 0 aliphatic heterocycles. The molecule has 0 unspecified atom stereocenters. The number of aromatic nitrogens is 2. The van der Waals surface area contributed by atoms with Crippen molar-refractivity contribution in [1.82, 2.24) is 15.3 Å². The number of carbonyl (C=O) groups excluding carboxylic acids is 1. The molecule has 0 saturated heterocycles. The average Bonchev–Trinajstić information content (AvgIpc) is 2.34. The molecule has 0 atom stereocenters. The topological polar surface area (TPSA) is 110 Å². The zero-order chi connectivity index (χ0) is 15.1. The van der Waals surface area contributed by atoms with Crippen LogP contribution in [0.15, 0.2) is 0 Å². The summed E-state index contributed by atoms with van der Waals surface area (Å²) < 4.78 is 0. The van der Waals surface area contributed by atoms with Crippen LogP contribution in [0, 0.1) is 17.0 Å². The van der Waals surface area contributed by atoms with Crippen LogP contribution in [0.3, 0.4) is 0 Å². The van der Waals surface area contributed by atoms with Crippen molar-refractivity contribution in [2.24, 2.45) is 0 Å². The molecule has 1 heterocycles. The van der Waals surface area contributed by atoms with Crippen LogP contribution in [-0.4, -0.2) is 33.9 Å². The number of anilines is 1. The number of aryl methyl sites for hydroxylation is 1. The van der Waals surface area contributed by atoms with Crippen molar-refractivity contribution in [3.8, 4) is 0 Å². The number of carbonyl (C=O) groups is 1. The standard InChI is InChI=1S/C11H16ClN5O3/c1-3-5-13-8(18)4-6-14-10-9(17(19)20)7(2)15-11(12)16-10/h3-6H2,1-2H3,(H,13,18)(H,14,15,16). The maximum absolute atomic E-state index is 11.4. The number of nitrogens with one attached hydrogen (secondary N) is 2. The lowest BCUT2D eigenvalue weighted by molar-refractivity contribution is -0.385. The summed E-state index contributed by atoms with van der Waals surface area (Å²) in [6.45, 7) is 4.26. The minimum atomic E-state index is -0.578. The van der Waals surface area contributed by atoms with Crippen LogP contribution < -0.4 is 10.6 Å². The molecule has 0 radical (unpaired) electrons. The Labute approximate surface area is 121 Å². The fourth-order valence-electron chi connectivity index (χ4n) is 1.52. The third-order valence-corrected chi connectivity index (χ3v) is 2.60. The Morgan fingerprint density at radius 1 is 1.40 bits per heavy atom. The minimum absolute atomic E-state index is 0.0239. The van der Waals surface area contributed by atoms with E-state index in [1.165, 1.54) is 6.92 Å².